The minimum absolute atomic E-state index is 0.290. The van der Waals surface area contributed by atoms with Gasteiger partial charge in [-0.3, -0.25) is 9.69 Å². The monoisotopic (exact) mass is 328 g/mol. The maximum Gasteiger partial charge on any atom is 0.237 e. The first kappa shape index (κ1) is 16.6. The van der Waals surface area contributed by atoms with Crippen molar-refractivity contribution in [3.8, 4) is 0 Å². The zero-order chi connectivity index (χ0) is 17.2. The molecule has 2 N–H and O–H groups in total. The van der Waals surface area contributed by atoms with Gasteiger partial charge in [0.2, 0.25) is 17.7 Å². The predicted molar refractivity (Wildman–Crippen MR) is 90.1 cm³/mol. The molecule has 1 aliphatic heterocycles. The lowest BCUT2D eigenvalue weighted by atomic mass is 9.88. The maximum atomic E-state index is 11.9. The number of aromatic nitrogens is 2. The van der Waals surface area contributed by atoms with E-state index in [2.05, 4.69) is 34.2 Å². The SMILES string of the molecule is Cc1ccccc1Cc1nnc(CN2CCCCC2(C)C(N)=O)o1. The summed E-state index contributed by atoms with van der Waals surface area (Å²) in [6.07, 6.45) is 3.45. The molecule has 24 heavy (non-hydrogen) atoms. The lowest BCUT2D eigenvalue weighted by molar-refractivity contribution is -0.132. The van der Waals surface area contributed by atoms with Crippen molar-refractivity contribution < 1.29 is 9.21 Å². The van der Waals surface area contributed by atoms with Crippen LogP contribution in [0.5, 0.6) is 0 Å². The van der Waals surface area contributed by atoms with Crippen LogP contribution in [-0.4, -0.2) is 33.1 Å². The number of hydrogen-bond donors (Lipinski definition) is 1. The molecule has 1 aromatic heterocycles. The third-order valence-corrected chi connectivity index (χ3v) is 5.01. The van der Waals surface area contributed by atoms with Gasteiger partial charge in [-0.15, -0.1) is 10.2 Å². The Morgan fingerprint density at radius 3 is 2.79 bits per heavy atom. The van der Waals surface area contributed by atoms with E-state index in [0.717, 1.165) is 25.8 Å². The largest absolute Gasteiger partial charge is 0.424 e. The van der Waals surface area contributed by atoms with Gasteiger partial charge in [-0.2, -0.15) is 0 Å². The molecule has 1 aliphatic rings. The number of aryl methyl sites for hydroxylation is 1. The van der Waals surface area contributed by atoms with Gasteiger partial charge >= 0.3 is 0 Å². The summed E-state index contributed by atoms with van der Waals surface area (Å²) in [5.74, 6) is 0.840. The molecule has 6 nitrogen and oxygen atoms in total. The first-order chi connectivity index (χ1) is 11.5. The first-order valence-electron chi connectivity index (χ1n) is 8.40. The number of hydrogen-bond acceptors (Lipinski definition) is 5. The van der Waals surface area contributed by atoms with Crippen LogP contribution in [0.4, 0.5) is 0 Å². The molecule has 1 amide bonds. The number of rotatable bonds is 5. The number of benzene rings is 1. The van der Waals surface area contributed by atoms with Gasteiger partial charge in [0.1, 0.15) is 0 Å². The summed E-state index contributed by atoms with van der Waals surface area (Å²) in [6, 6.07) is 8.15. The zero-order valence-corrected chi connectivity index (χ0v) is 14.3. The highest BCUT2D eigenvalue weighted by molar-refractivity contribution is 5.84. The number of nitrogens with two attached hydrogens (primary N) is 1. The molecule has 0 radical (unpaired) electrons. The molecule has 0 aliphatic carbocycles. The third-order valence-electron chi connectivity index (χ3n) is 5.01. The van der Waals surface area contributed by atoms with E-state index in [1.807, 2.05) is 19.1 Å². The van der Waals surface area contributed by atoms with E-state index in [4.69, 9.17) is 10.2 Å². The Kier molecular flexibility index (Phi) is 4.66. The molecule has 6 heteroatoms. The third kappa shape index (κ3) is 3.33. The second-order valence-corrected chi connectivity index (χ2v) is 6.71. The number of amides is 1. The number of carbonyl (C=O) groups excluding carboxylic acids is 1. The Balaban J connectivity index is 1.71. The van der Waals surface area contributed by atoms with Crippen molar-refractivity contribution in [2.45, 2.75) is 51.6 Å². The average molecular weight is 328 g/mol. The van der Waals surface area contributed by atoms with E-state index >= 15 is 0 Å². The number of likely N-dealkylation sites (tertiary alicyclic amines) is 1. The smallest absolute Gasteiger partial charge is 0.237 e. The van der Waals surface area contributed by atoms with Crippen LogP contribution in [0, 0.1) is 6.92 Å². The Morgan fingerprint density at radius 1 is 1.29 bits per heavy atom. The molecule has 2 aromatic rings. The topological polar surface area (TPSA) is 85.3 Å². The van der Waals surface area contributed by atoms with Gasteiger partial charge < -0.3 is 10.2 Å². The van der Waals surface area contributed by atoms with Crippen molar-refractivity contribution >= 4 is 5.91 Å². The van der Waals surface area contributed by atoms with Crippen LogP contribution in [0.2, 0.25) is 0 Å². The molecule has 128 valence electrons. The van der Waals surface area contributed by atoms with Crippen molar-refractivity contribution in [1.82, 2.24) is 15.1 Å². The molecule has 0 bridgehead atoms. The van der Waals surface area contributed by atoms with E-state index in [1.54, 1.807) is 0 Å². The Bertz CT molecular complexity index is 727. The van der Waals surface area contributed by atoms with Gasteiger partial charge in [0, 0.05) is 0 Å². The Hall–Kier alpha value is -2.21. The second kappa shape index (κ2) is 6.73. The molecule has 1 saturated heterocycles. The summed E-state index contributed by atoms with van der Waals surface area (Å²) < 4.78 is 5.80. The van der Waals surface area contributed by atoms with Crippen LogP contribution in [-0.2, 0) is 17.8 Å². The number of carbonyl (C=O) groups is 1. The minimum atomic E-state index is -0.636. The van der Waals surface area contributed by atoms with E-state index < -0.39 is 5.54 Å². The summed E-state index contributed by atoms with van der Waals surface area (Å²) in [5.41, 5.74) is 7.36. The van der Waals surface area contributed by atoms with Crippen LogP contribution in [0.3, 0.4) is 0 Å². The second-order valence-electron chi connectivity index (χ2n) is 6.71. The van der Waals surface area contributed by atoms with E-state index in [1.165, 1.54) is 11.1 Å². The number of piperidine rings is 1. The quantitative estimate of drug-likeness (QED) is 0.909. The molecule has 3 rings (SSSR count). The highest BCUT2D eigenvalue weighted by Gasteiger charge is 2.40. The molecule has 0 saturated carbocycles. The van der Waals surface area contributed by atoms with Crippen molar-refractivity contribution in [1.29, 1.82) is 0 Å². The molecule has 1 atom stereocenters. The normalized spacial score (nSPS) is 21.8. The van der Waals surface area contributed by atoms with Crippen molar-refractivity contribution in [3.63, 3.8) is 0 Å². The van der Waals surface area contributed by atoms with Crippen LogP contribution >= 0.6 is 0 Å². The Morgan fingerprint density at radius 2 is 2.04 bits per heavy atom. The number of nitrogens with zero attached hydrogens (tertiary/aromatic N) is 3. The molecule has 1 fully saturated rings. The molecular formula is C18H24N4O2. The summed E-state index contributed by atoms with van der Waals surface area (Å²) >= 11 is 0. The fourth-order valence-electron chi connectivity index (χ4n) is 3.27. The zero-order valence-electron chi connectivity index (χ0n) is 14.3. The van der Waals surface area contributed by atoms with Gasteiger partial charge in [0.05, 0.1) is 18.5 Å². The molecule has 1 aromatic carbocycles. The van der Waals surface area contributed by atoms with Gasteiger partial charge in [0.25, 0.3) is 0 Å². The Labute approximate surface area is 142 Å². The van der Waals surface area contributed by atoms with Crippen molar-refractivity contribution in [3.05, 3.63) is 47.2 Å². The summed E-state index contributed by atoms with van der Waals surface area (Å²) in [4.78, 5) is 13.9. The van der Waals surface area contributed by atoms with Crippen LogP contribution in [0.1, 0.15) is 49.1 Å². The fourth-order valence-corrected chi connectivity index (χ4v) is 3.27. The molecule has 1 unspecified atom stereocenters. The standard InChI is InChI=1S/C18H24N4O2/c1-13-7-3-4-8-14(13)11-15-20-21-16(24-15)12-22-10-6-5-9-18(22,2)17(19)23/h3-4,7-8H,5-6,9-12H2,1-2H3,(H2,19,23). The minimum Gasteiger partial charge on any atom is -0.424 e. The summed E-state index contributed by atoms with van der Waals surface area (Å²) in [6.45, 7) is 5.24. The van der Waals surface area contributed by atoms with Gasteiger partial charge in [-0.1, -0.05) is 24.3 Å². The summed E-state index contributed by atoms with van der Waals surface area (Å²) in [7, 11) is 0. The molecule has 2 heterocycles. The van der Waals surface area contributed by atoms with E-state index in [0.29, 0.717) is 24.7 Å². The lowest BCUT2D eigenvalue weighted by Crippen LogP contribution is -2.57. The highest BCUT2D eigenvalue weighted by atomic mass is 16.4. The van der Waals surface area contributed by atoms with Crippen molar-refractivity contribution in [2.75, 3.05) is 6.54 Å². The summed E-state index contributed by atoms with van der Waals surface area (Å²) in [5, 5.41) is 8.30. The average Bonchev–Trinajstić information content (AvgIpc) is 2.99. The predicted octanol–water partition coefficient (Wildman–Crippen LogP) is 2.20. The fraction of sp³-hybridized carbons (Fsp3) is 0.500. The molecular weight excluding hydrogens is 304 g/mol. The van der Waals surface area contributed by atoms with E-state index in [-0.39, 0.29) is 5.91 Å². The van der Waals surface area contributed by atoms with Crippen LogP contribution < -0.4 is 5.73 Å². The lowest BCUT2D eigenvalue weighted by Gasteiger charge is -2.41. The van der Waals surface area contributed by atoms with Crippen molar-refractivity contribution in [2.24, 2.45) is 5.73 Å². The maximum absolute atomic E-state index is 11.9. The van der Waals surface area contributed by atoms with Gasteiger partial charge in [-0.25, -0.2) is 0 Å². The van der Waals surface area contributed by atoms with E-state index in [9.17, 15) is 4.79 Å². The van der Waals surface area contributed by atoms with Crippen LogP contribution in [0.15, 0.2) is 28.7 Å². The highest BCUT2D eigenvalue weighted by Crippen LogP contribution is 2.29. The van der Waals surface area contributed by atoms with Gasteiger partial charge in [-0.05, 0) is 50.8 Å². The van der Waals surface area contributed by atoms with Gasteiger partial charge in [0.15, 0.2) is 0 Å². The van der Waals surface area contributed by atoms with Crippen LogP contribution in [0.25, 0.3) is 0 Å². The number of primary amides is 1. The molecule has 0 spiro atoms. The first-order valence-corrected chi connectivity index (χ1v) is 8.40.